The maximum absolute atomic E-state index is 11.3. The van der Waals surface area contributed by atoms with Crippen LogP contribution in [0.25, 0.3) is 99.5 Å². The molecule has 17 rings (SSSR count). The minimum Gasteiger partial charge on any atom is -0.311 e. The van der Waals surface area contributed by atoms with E-state index in [1.165, 1.54) is 4.57 Å². The predicted octanol–water partition coefficient (Wildman–Crippen LogP) is 21.1. The smallest absolute Gasteiger partial charge is 0.252 e. The first-order valence-electron chi connectivity index (χ1n) is 39.9. The van der Waals surface area contributed by atoms with Crippen molar-refractivity contribution in [2.45, 2.75) is 52.4 Å². The van der Waals surface area contributed by atoms with Crippen molar-refractivity contribution >= 4 is 101 Å². The van der Waals surface area contributed by atoms with E-state index in [4.69, 9.17) is 11.0 Å². The minimum atomic E-state index is -0.794. The molecule has 0 radical (unpaired) electrons. The summed E-state index contributed by atoms with van der Waals surface area (Å²) in [5, 5.41) is 13.0. The van der Waals surface area contributed by atoms with Gasteiger partial charge in [-0.05, 0) is 163 Å². The standard InChI is InChI=1S/C87H66BN5/c1-86(2,3)63-49-71(58-29-14-9-15-30-58)85(72(50-63)61-32-24-31-59(47-61)56-25-10-7-11-26-56)93-81-54-66(90-75-37-20-16-33-67(75)68-34-17-21-38-76(68)90)44-46-74(81)88-73-45-42-60(57-27-12-8-13-28-57)48-80(73)91(82-51-64(87(4,5)6)52-83(93)84(82)88)65-43-41-62(55-89)79(53-65)92-77-39-22-18-35-69(77)70-36-19-23-40-78(70)92/h7-54H,1-6H3/i7D,8D,10D,11D,12D,13D,16D,17D,20D,21D,25D,26D,27D,28D,33D,34D,37D,38D. The highest BCUT2D eigenvalue weighted by atomic mass is 15.2. The van der Waals surface area contributed by atoms with Gasteiger partial charge in [0.05, 0.1) is 63.7 Å². The third-order valence-corrected chi connectivity index (χ3v) is 18.4. The van der Waals surface area contributed by atoms with Crippen LogP contribution in [0, 0.1) is 11.3 Å². The first-order chi connectivity index (χ1) is 52.8. The number of nitrogens with zero attached hydrogens (tertiary/aromatic N) is 5. The number of hydrogen-bond acceptors (Lipinski definition) is 3. The van der Waals surface area contributed by atoms with Gasteiger partial charge in [-0.1, -0.05) is 241 Å². The predicted molar refractivity (Wildman–Crippen MR) is 393 cm³/mol. The average molecular weight is 1210 g/mol. The molecule has 0 fully saturated rings. The molecule has 6 heteroatoms. The van der Waals surface area contributed by atoms with Crippen molar-refractivity contribution in [3.63, 3.8) is 0 Å². The Morgan fingerprint density at radius 3 is 1.47 bits per heavy atom. The Labute approximate surface area is 569 Å². The number of hydrogen-bond donors (Lipinski definition) is 0. The summed E-state index contributed by atoms with van der Waals surface area (Å²) < 4.78 is 169. The lowest BCUT2D eigenvalue weighted by Crippen LogP contribution is -2.61. The Hall–Kier alpha value is -11.4. The summed E-state index contributed by atoms with van der Waals surface area (Å²) in [5.41, 5.74) is 12.0. The second kappa shape index (κ2) is 21.4. The number of rotatable bonds is 8. The van der Waals surface area contributed by atoms with Crippen LogP contribution in [0.4, 0.5) is 34.1 Å². The summed E-state index contributed by atoms with van der Waals surface area (Å²) >= 11 is 0. The molecule has 0 bridgehead atoms. The Balaban J connectivity index is 1.07. The van der Waals surface area contributed by atoms with Crippen molar-refractivity contribution in [2.75, 3.05) is 9.80 Å². The van der Waals surface area contributed by atoms with E-state index in [1.54, 1.807) is 30.3 Å². The summed E-state index contributed by atoms with van der Waals surface area (Å²) in [6.07, 6.45) is 0. The average Bonchev–Trinajstić information content (AvgIpc) is 1.24. The molecule has 0 aliphatic carbocycles. The van der Waals surface area contributed by atoms with Gasteiger partial charge in [0.25, 0.3) is 6.71 Å². The fourth-order valence-corrected chi connectivity index (χ4v) is 14.0. The van der Waals surface area contributed by atoms with Crippen LogP contribution >= 0.6 is 0 Å². The van der Waals surface area contributed by atoms with E-state index >= 15 is 0 Å². The second-order valence-corrected chi connectivity index (χ2v) is 25.9. The summed E-state index contributed by atoms with van der Waals surface area (Å²) in [4.78, 5) is 4.31. The van der Waals surface area contributed by atoms with Crippen molar-refractivity contribution in [2.24, 2.45) is 0 Å². The van der Waals surface area contributed by atoms with Gasteiger partial charge < -0.3 is 18.9 Å². The minimum absolute atomic E-state index is 0.0119. The Morgan fingerprint density at radius 2 is 0.849 bits per heavy atom. The molecule has 2 aliphatic rings. The molecule has 2 aromatic heterocycles. The molecule has 0 N–H and O–H groups in total. The van der Waals surface area contributed by atoms with Gasteiger partial charge in [-0.15, -0.1) is 0 Å². The van der Waals surface area contributed by atoms with Crippen LogP contribution in [0.3, 0.4) is 0 Å². The van der Waals surface area contributed by atoms with Crippen molar-refractivity contribution in [3.05, 3.63) is 307 Å². The van der Waals surface area contributed by atoms with Gasteiger partial charge in [0.2, 0.25) is 0 Å². The molecule has 0 unspecified atom stereocenters. The van der Waals surface area contributed by atoms with Crippen LogP contribution in [0.15, 0.2) is 291 Å². The van der Waals surface area contributed by atoms with Crippen LogP contribution in [0.5, 0.6) is 0 Å². The second-order valence-electron chi connectivity index (χ2n) is 25.9. The van der Waals surface area contributed by atoms with Crippen molar-refractivity contribution in [3.8, 4) is 62.0 Å². The fourth-order valence-electron chi connectivity index (χ4n) is 14.0. The molecule has 0 amide bonds. The van der Waals surface area contributed by atoms with Crippen LogP contribution in [-0.2, 0) is 10.8 Å². The third-order valence-electron chi connectivity index (χ3n) is 18.4. The largest absolute Gasteiger partial charge is 0.311 e. The highest BCUT2D eigenvalue weighted by Crippen LogP contribution is 2.54. The lowest BCUT2D eigenvalue weighted by atomic mass is 9.33. The molecule has 0 atom stereocenters. The molecule has 442 valence electrons. The summed E-state index contributed by atoms with van der Waals surface area (Å²) in [6, 6.07) is 51.9. The Bertz CT molecular complexity index is 6520. The monoisotopic (exact) mass is 1210 g/mol. The van der Waals surface area contributed by atoms with Crippen LogP contribution in [0.2, 0.25) is 0 Å². The number of aromatic nitrogens is 2. The summed E-state index contributed by atoms with van der Waals surface area (Å²) in [6.45, 7) is 11.9. The van der Waals surface area contributed by atoms with E-state index < -0.39 is 126 Å². The van der Waals surface area contributed by atoms with E-state index in [0.717, 1.165) is 49.5 Å². The maximum atomic E-state index is 11.3. The fraction of sp³-hybridized carbons (Fsp3) is 0.0920. The number of anilines is 6. The lowest BCUT2D eigenvalue weighted by Gasteiger charge is -2.46. The van der Waals surface area contributed by atoms with Gasteiger partial charge in [0.1, 0.15) is 6.07 Å². The van der Waals surface area contributed by atoms with Crippen molar-refractivity contribution in [1.29, 1.82) is 5.26 Å². The van der Waals surface area contributed by atoms with Crippen LogP contribution in [0.1, 0.15) is 82.9 Å². The van der Waals surface area contributed by atoms with Gasteiger partial charge in [-0.2, -0.15) is 5.26 Å². The molecule has 93 heavy (non-hydrogen) atoms. The van der Waals surface area contributed by atoms with E-state index in [9.17, 15) is 19.0 Å². The molecule has 0 saturated carbocycles. The van der Waals surface area contributed by atoms with Crippen LogP contribution < -0.4 is 26.2 Å². The van der Waals surface area contributed by atoms with Crippen molar-refractivity contribution < 1.29 is 24.7 Å². The van der Waals surface area contributed by atoms with Gasteiger partial charge in [0.15, 0.2) is 0 Å². The van der Waals surface area contributed by atoms with Crippen molar-refractivity contribution in [1.82, 2.24) is 9.13 Å². The molecule has 15 aromatic rings. The molecule has 0 saturated heterocycles. The van der Waals surface area contributed by atoms with E-state index in [2.05, 4.69) is 98.4 Å². The number of para-hydroxylation sites is 4. The number of fused-ring (bicyclic) bond motifs is 10. The first kappa shape index (κ1) is 39.7. The van der Waals surface area contributed by atoms with E-state index in [-0.39, 0.29) is 38.6 Å². The van der Waals surface area contributed by atoms with Gasteiger partial charge >= 0.3 is 0 Å². The molecule has 5 nitrogen and oxygen atoms in total. The molecule has 0 spiro atoms. The SMILES string of the molecule is [2H]c1c([2H])c([2H])c(-c2cccc(-c3cc(C(C)(C)C)cc(-c4ccccc4)c3N3c4cc(-n5c6c([2H])c([2H])c([2H])c([2H])c6c6c([2H])c([2H])c([2H])c([2H])c65)ccc4B4c5ccc(-c6c([2H])c([2H])c([2H])c([2H])c6[2H])cc5N(c5ccc(C#N)c(-n6c7ccccc7c7ccccc76)c5)c5cc(C(C)(C)C)cc3c54)c2)c([2H])c1[2H]. The zero-order chi connectivity index (χ0) is 78.5. The molecular formula is C87H66BN5. The topological polar surface area (TPSA) is 40.1 Å². The number of nitriles is 1. The Morgan fingerprint density at radius 1 is 0.355 bits per heavy atom. The third kappa shape index (κ3) is 8.97. The summed E-state index contributed by atoms with van der Waals surface area (Å²) in [7, 11) is 0. The highest BCUT2D eigenvalue weighted by molar-refractivity contribution is 7.00. The zero-order valence-electron chi connectivity index (χ0n) is 69.6. The van der Waals surface area contributed by atoms with E-state index in [1.807, 2.05) is 115 Å². The highest BCUT2D eigenvalue weighted by Gasteiger charge is 2.46. The van der Waals surface area contributed by atoms with Crippen LogP contribution in [-0.4, -0.2) is 15.8 Å². The normalized spacial score (nSPS) is 15.5. The molecular weight excluding hydrogens is 1130 g/mol. The van der Waals surface area contributed by atoms with Gasteiger partial charge in [-0.25, -0.2) is 0 Å². The number of benzene rings is 13. The lowest BCUT2D eigenvalue weighted by molar-refractivity contribution is 0.590. The maximum Gasteiger partial charge on any atom is 0.252 e. The van der Waals surface area contributed by atoms with Gasteiger partial charge in [-0.3, -0.25) is 0 Å². The molecule has 2 aliphatic heterocycles. The quantitative estimate of drug-likeness (QED) is 0.142. The van der Waals surface area contributed by atoms with Gasteiger partial charge in [0, 0.05) is 66.8 Å². The Kier molecular flexibility index (Phi) is 9.12. The van der Waals surface area contributed by atoms with E-state index in [0.29, 0.717) is 78.6 Å². The summed E-state index contributed by atoms with van der Waals surface area (Å²) in [5.74, 6) is 0. The first-order valence-corrected chi connectivity index (χ1v) is 30.9. The molecule has 13 aromatic carbocycles. The zero-order valence-corrected chi connectivity index (χ0v) is 51.6. The molecule has 4 heterocycles.